The minimum atomic E-state index is -0.959. The standard InChI is InChI=1S/C12H15ClFNO3/c1-3-10(12(16)17)15-6-7-4-11(18-2)8(13)5-9(7)14/h4-5,10,15H,3,6H2,1-2H3,(H,16,17)/t10-/m1/s1. The van der Waals surface area contributed by atoms with Gasteiger partial charge >= 0.3 is 5.97 Å². The largest absolute Gasteiger partial charge is 0.495 e. The molecular weight excluding hydrogens is 261 g/mol. The highest BCUT2D eigenvalue weighted by molar-refractivity contribution is 6.32. The van der Waals surface area contributed by atoms with Crippen LogP contribution in [0.15, 0.2) is 12.1 Å². The van der Waals surface area contributed by atoms with Crippen LogP contribution in [0.3, 0.4) is 0 Å². The first-order valence-corrected chi connectivity index (χ1v) is 5.85. The summed E-state index contributed by atoms with van der Waals surface area (Å²) in [7, 11) is 1.43. The molecule has 2 N–H and O–H groups in total. The molecule has 0 aromatic heterocycles. The van der Waals surface area contributed by atoms with Crippen molar-refractivity contribution in [2.45, 2.75) is 25.9 Å². The zero-order chi connectivity index (χ0) is 13.7. The lowest BCUT2D eigenvalue weighted by Crippen LogP contribution is -2.35. The fraction of sp³-hybridized carbons (Fsp3) is 0.417. The van der Waals surface area contributed by atoms with E-state index in [2.05, 4.69) is 5.32 Å². The maximum absolute atomic E-state index is 13.6. The van der Waals surface area contributed by atoms with Gasteiger partial charge in [0.05, 0.1) is 12.1 Å². The minimum Gasteiger partial charge on any atom is -0.495 e. The highest BCUT2D eigenvalue weighted by Gasteiger charge is 2.15. The summed E-state index contributed by atoms with van der Waals surface area (Å²) < 4.78 is 18.6. The molecule has 0 saturated heterocycles. The van der Waals surface area contributed by atoms with E-state index < -0.39 is 17.8 Å². The third kappa shape index (κ3) is 3.58. The van der Waals surface area contributed by atoms with E-state index >= 15 is 0 Å². The van der Waals surface area contributed by atoms with Crippen molar-refractivity contribution in [2.75, 3.05) is 7.11 Å². The van der Waals surface area contributed by atoms with Crippen LogP contribution in [-0.4, -0.2) is 24.2 Å². The zero-order valence-electron chi connectivity index (χ0n) is 10.2. The Bertz CT molecular complexity index is 440. The molecule has 6 heteroatoms. The molecule has 0 unspecified atom stereocenters. The van der Waals surface area contributed by atoms with E-state index in [0.717, 1.165) is 6.07 Å². The Morgan fingerprint density at radius 1 is 1.61 bits per heavy atom. The Morgan fingerprint density at radius 3 is 2.78 bits per heavy atom. The molecule has 100 valence electrons. The first-order chi connectivity index (χ1) is 8.49. The SMILES string of the molecule is CC[C@@H](NCc1cc(OC)c(Cl)cc1F)C(=O)O. The highest BCUT2D eigenvalue weighted by Crippen LogP contribution is 2.27. The van der Waals surface area contributed by atoms with Crippen molar-refractivity contribution in [1.82, 2.24) is 5.32 Å². The van der Waals surface area contributed by atoms with Crippen molar-refractivity contribution in [3.8, 4) is 5.75 Å². The number of halogens is 2. The van der Waals surface area contributed by atoms with Crippen LogP contribution in [0.1, 0.15) is 18.9 Å². The normalized spacial score (nSPS) is 12.2. The van der Waals surface area contributed by atoms with E-state index in [9.17, 15) is 9.18 Å². The van der Waals surface area contributed by atoms with Gasteiger partial charge < -0.3 is 15.2 Å². The second-order valence-corrected chi connectivity index (χ2v) is 4.17. The van der Waals surface area contributed by atoms with E-state index in [4.69, 9.17) is 21.4 Å². The number of nitrogens with one attached hydrogen (secondary N) is 1. The molecule has 0 fully saturated rings. The van der Waals surface area contributed by atoms with Crippen LogP contribution in [0.25, 0.3) is 0 Å². The fourth-order valence-corrected chi connectivity index (χ4v) is 1.73. The van der Waals surface area contributed by atoms with Gasteiger partial charge in [-0.1, -0.05) is 18.5 Å². The lowest BCUT2D eigenvalue weighted by molar-refractivity contribution is -0.139. The average Bonchev–Trinajstić information content (AvgIpc) is 2.31. The van der Waals surface area contributed by atoms with Crippen molar-refractivity contribution in [3.05, 3.63) is 28.5 Å². The molecular formula is C12H15ClFNO3. The smallest absolute Gasteiger partial charge is 0.320 e. The summed E-state index contributed by atoms with van der Waals surface area (Å²) in [6, 6.07) is 1.91. The number of carbonyl (C=O) groups is 1. The molecule has 18 heavy (non-hydrogen) atoms. The van der Waals surface area contributed by atoms with Gasteiger partial charge in [-0.2, -0.15) is 0 Å². The number of hydrogen-bond donors (Lipinski definition) is 2. The maximum Gasteiger partial charge on any atom is 0.320 e. The summed E-state index contributed by atoms with van der Waals surface area (Å²) in [5.74, 6) is -1.09. The molecule has 1 aromatic carbocycles. The molecule has 1 rings (SSSR count). The summed E-state index contributed by atoms with van der Waals surface area (Å²) in [5, 5.41) is 11.8. The molecule has 0 aliphatic carbocycles. The van der Waals surface area contributed by atoms with Crippen LogP contribution < -0.4 is 10.1 Å². The molecule has 0 aliphatic heterocycles. The molecule has 1 aromatic rings. The summed E-state index contributed by atoms with van der Waals surface area (Å²) in [5.41, 5.74) is 0.316. The number of benzene rings is 1. The van der Waals surface area contributed by atoms with Gasteiger partial charge in [-0.15, -0.1) is 0 Å². The lowest BCUT2D eigenvalue weighted by atomic mass is 10.1. The van der Waals surface area contributed by atoms with E-state index in [1.165, 1.54) is 13.2 Å². The minimum absolute atomic E-state index is 0.101. The van der Waals surface area contributed by atoms with Crippen LogP contribution >= 0.6 is 11.6 Å². The van der Waals surface area contributed by atoms with Crippen molar-refractivity contribution in [2.24, 2.45) is 0 Å². The molecule has 0 spiro atoms. The van der Waals surface area contributed by atoms with Gasteiger partial charge in [0.1, 0.15) is 17.6 Å². The topological polar surface area (TPSA) is 58.6 Å². The summed E-state index contributed by atoms with van der Waals surface area (Å²) >= 11 is 5.76. The first kappa shape index (κ1) is 14.7. The number of aliphatic carboxylic acids is 1. The lowest BCUT2D eigenvalue weighted by Gasteiger charge is -2.13. The third-order valence-electron chi connectivity index (χ3n) is 2.57. The summed E-state index contributed by atoms with van der Waals surface area (Å²) in [4.78, 5) is 10.8. The van der Waals surface area contributed by atoms with Crippen molar-refractivity contribution < 1.29 is 19.0 Å². The average molecular weight is 276 g/mol. The Morgan fingerprint density at radius 2 is 2.28 bits per heavy atom. The van der Waals surface area contributed by atoms with Crippen LogP contribution in [0, 0.1) is 5.82 Å². The molecule has 1 atom stereocenters. The van der Waals surface area contributed by atoms with E-state index in [0.29, 0.717) is 17.7 Å². The first-order valence-electron chi connectivity index (χ1n) is 5.47. The van der Waals surface area contributed by atoms with Gasteiger partial charge in [-0.25, -0.2) is 4.39 Å². The maximum atomic E-state index is 13.6. The Balaban J connectivity index is 2.81. The van der Waals surface area contributed by atoms with Crippen molar-refractivity contribution in [1.29, 1.82) is 0 Å². The quantitative estimate of drug-likeness (QED) is 0.837. The molecule has 0 radical (unpaired) electrons. The molecule has 0 heterocycles. The predicted molar refractivity (Wildman–Crippen MR) is 66.5 cm³/mol. The fourth-order valence-electron chi connectivity index (χ4n) is 1.50. The third-order valence-corrected chi connectivity index (χ3v) is 2.86. The molecule has 4 nitrogen and oxygen atoms in total. The number of carboxylic acids is 1. The van der Waals surface area contributed by atoms with Gasteiger partial charge in [-0.3, -0.25) is 4.79 Å². The van der Waals surface area contributed by atoms with Crippen LogP contribution in [0.4, 0.5) is 4.39 Å². The second kappa shape index (κ2) is 6.56. The highest BCUT2D eigenvalue weighted by atomic mass is 35.5. The van der Waals surface area contributed by atoms with Gasteiger partial charge in [0.15, 0.2) is 0 Å². The monoisotopic (exact) mass is 275 g/mol. The van der Waals surface area contributed by atoms with E-state index in [1.807, 2.05) is 0 Å². The number of rotatable bonds is 6. The molecule has 0 aliphatic rings. The Labute approximate surface area is 110 Å². The molecule has 0 amide bonds. The predicted octanol–water partition coefficient (Wildman–Crippen LogP) is 2.44. The van der Waals surface area contributed by atoms with Gasteiger partial charge in [0, 0.05) is 12.1 Å². The second-order valence-electron chi connectivity index (χ2n) is 3.76. The van der Waals surface area contributed by atoms with Gasteiger partial charge in [0.2, 0.25) is 0 Å². The van der Waals surface area contributed by atoms with E-state index in [1.54, 1.807) is 6.92 Å². The number of carboxylic acid groups (broad SMARTS) is 1. The zero-order valence-corrected chi connectivity index (χ0v) is 10.9. The van der Waals surface area contributed by atoms with Crippen LogP contribution in [0.5, 0.6) is 5.75 Å². The summed E-state index contributed by atoms with van der Waals surface area (Å²) in [6.07, 6.45) is 0.418. The summed E-state index contributed by atoms with van der Waals surface area (Å²) in [6.45, 7) is 1.84. The van der Waals surface area contributed by atoms with Gasteiger partial charge in [-0.05, 0) is 18.6 Å². The Kier molecular flexibility index (Phi) is 5.37. The van der Waals surface area contributed by atoms with E-state index in [-0.39, 0.29) is 11.6 Å². The number of hydrogen-bond acceptors (Lipinski definition) is 3. The number of ether oxygens (including phenoxy) is 1. The van der Waals surface area contributed by atoms with Crippen LogP contribution in [0.2, 0.25) is 5.02 Å². The van der Waals surface area contributed by atoms with Crippen LogP contribution in [-0.2, 0) is 11.3 Å². The molecule has 0 saturated carbocycles. The Hall–Kier alpha value is -1.33. The number of methoxy groups -OCH3 is 1. The molecule has 0 bridgehead atoms. The van der Waals surface area contributed by atoms with Crippen molar-refractivity contribution >= 4 is 17.6 Å². The van der Waals surface area contributed by atoms with Crippen molar-refractivity contribution in [3.63, 3.8) is 0 Å². The van der Waals surface area contributed by atoms with Gasteiger partial charge in [0.25, 0.3) is 0 Å².